The zero-order chi connectivity index (χ0) is 23.3. The van der Waals surface area contributed by atoms with Crippen LogP contribution in [0.5, 0.6) is 0 Å². The maximum atomic E-state index is 10.9. The Kier molecular flexibility index (Phi) is 10.5. The van der Waals surface area contributed by atoms with Crippen LogP contribution in [0.1, 0.15) is 61.3 Å². The molecule has 6 heteroatoms. The summed E-state index contributed by atoms with van der Waals surface area (Å²) < 4.78 is 20.0. The normalized spacial score (nSPS) is 26.7. The molecule has 0 amide bonds. The number of rotatable bonds is 10. The van der Waals surface area contributed by atoms with Gasteiger partial charge in [0.2, 0.25) is 0 Å². The summed E-state index contributed by atoms with van der Waals surface area (Å²) in [5.41, 5.74) is 1.99. The van der Waals surface area contributed by atoms with Crippen molar-refractivity contribution in [2.24, 2.45) is 11.3 Å². The Morgan fingerprint density at radius 3 is 2.33 bits per heavy atom. The molecule has 30 heavy (non-hydrogen) atoms. The first-order valence-electron chi connectivity index (χ1n) is 10.9. The zero-order valence-electron chi connectivity index (χ0n) is 20.7. The van der Waals surface area contributed by atoms with E-state index < -0.39 is 8.32 Å². The number of carbonyl (C=O) groups excluding carboxylic acids is 1. The molecule has 1 aliphatic rings. The van der Waals surface area contributed by atoms with Crippen LogP contribution in [-0.2, 0) is 18.7 Å². The van der Waals surface area contributed by atoms with Crippen LogP contribution >= 0.6 is 22.6 Å². The fourth-order valence-corrected chi connectivity index (χ4v) is 6.26. The molecule has 1 saturated heterocycles. The molecule has 1 aliphatic heterocycles. The summed E-state index contributed by atoms with van der Waals surface area (Å²) in [5.74, 6) is 0.110. The van der Waals surface area contributed by atoms with Crippen molar-refractivity contribution < 1.29 is 18.7 Å². The number of hydrogen-bond donors (Lipinski definition) is 0. The third kappa shape index (κ3) is 6.99. The summed E-state index contributed by atoms with van der Waals surface area (Å²) >= 11 is 2.41. The van der Waals surface area contributed by atoms with Gasteiger partial charge < -0.3 is 13.9 Å². The van der Waals surface area contributed by atoms with Gasteiger partial charge in [-0.05, 0) is 50.4 Å². The maximum absolute atomic E-state index is 10.9. The number of ether oxygens (including phenoxy) is 2. The van der Waals surface area contributed by atoms with Crippen LogP contribution in [0, 0.1) is 11.3 Å². The van der Waals surface area contributed by atoms with Crippen LogP contribution in [0.4, 0.5) is 0 Å². The molecule has 1 heterocycles. The van der Waals surface area contributed by atoms with Crippen LogP contribution in [0.25, 0.3) is 0 Å². The molecule has 0 bridgehead atoms. The first-order valence-corrected chi connectivity index (χ1v) is 15.4. The number of alkyl halides is 1. The van der Waals surface area contributed by atoms with Crippen molar-refractivity contribution in [2.75, 3.05) is 11.5 Å². The van der Waals surface area contributed by atoms with Crippen LogP contribution in [0.3, 0.4) is 0 Å². The van der Waals surface area contributed by atoms with E-state index in [0.717, 1.165) is 29.1 Å². The van der Waals surface area contributed by atoms with Crippen molar-refractivity contribution in [1.29, 1.82) is 0 Å². The molecule has 1 fully saturated rings. The van der Waals surface area contributed by atoms with Crippen molar-refractivity contribution in [2.45, 2.75) is 97.9 Å². The highest BCUT2D eigenvalue weighted by Gasteiger charge is 2.54. The van der Waals surface area contributed by atoms with Crippen LogP contribution in [0.15, 0.2) is 23.3 Å². The Balaban J connectivity index is 3.29. The van der Waals surface area contributed by atoms with Gasteiger partial charge in [-0.1, -0.05) is 74.9 Å². The molecular weight excluding hydrogens is 507 g/mol. The highest BCUT2D eigenvalue weighted by molar-refractivity contribution is 14.1. The van der Waals surface area contributed by atoms with E-state index in [4.69, 9.17) is 13.9 Å². The Hall–Kier alpha value is -0.0231. The van der Waals surface area contributed by atoms with Crippen molar-refractivity contribution in [1.82, 2.24) is 0 Å². The average Bonchev–Trinajstić information content (AvgIpc) is 2.89. The molecule has 4 nitrogen and oxygen atoms in total. The molecule has 0 aliphatic carbocycles. The predicted molar refractivity (Wildman–Crippen MR) is 137 cm³/mol. The molecule has 0 spiro atoms. The van der Waals surface area contributed by atoms with Gasteiger partial charge >= 0.3 is 0 Å². The third-order valence-electron chi connectivity index (χ3n) is 6.88. The zero-order valence-corrected chi connectivity index (χ0v) is 23.8. The molecule has 0 aromatic carbocycles. The van der Waals surface area contributed by atoms with E-state index in [1.807, 2.05) is 13.0 Å². The van der Waals surface area contributed by atoms with Gasteiger partial charge in [0.05, 0.1) is 12.2 Å². The minimum absolute atomic E-state index is 0.0698. The van der Waals surface area contributed by atoms with Crippen LogP contribution in [0.2, 0.25) is 18.1 Å². The Labute approximate surface area is 199 Å². The lowest BCUT2D eigenvalue weighted by Crippen LogP contribution is -2.49. The van der Waals surface area contributed by atoms with Crippen LogP contribution < -0.4 is 0 Å². The van der Waals surface area contributed by atoms with Crippen molar-refractivity contribution in [3.63, 3.8) is 0 Å². The standard InChI is InChI=1S/C24H43IO4Si/c1-17(12-11-13-18(2)16-26)14-19(29-30(9,10)23(3,4)5)21-22(27-8)28-20(15-25)24(21,6)7/h13-14,16,19-22H,11-12,15H2,1-10H3/b17-14+,18-13+/t19-,20-,21+,22-/m0/s1. The number of methoxy groups -OCH3 is 1. The maximum Gasteiger partial charge on any atom is 0.192 e. The van der Waals surface area contributed by atoms with Crippen molar-refractivity contribution in [3.05, 3.63) is 23.3 Å². The molecule has 1 rings (SSSR count). The smallest absolute Gasteiger partial charge is 0.192 e. The number of aldehydes is 1. The quantitative estimate of drug-likeness (QED) is 0.0759. The van der Waals surface area contributed by atoms with E-state index in [0.29, 0.717) is 0 Å². The lowest BCUT2D eigenvalue weighted by molar-refractivity contribution is -0.137. The fraction of sp³-hybridized carbons (Fsp3) is 0.792. The van der Waals surface area contributed by atoms with Gasteiger partial charge in [-0.15, -0.1) is 0 Å². The third-order valence-corrected chi connectivity index (χ3v) is 12.2. The second kappa shape index (κ2) is 11.2. The van der Waals surface area contributed by atoms with E-state index in [9.17, 15) is 4.79 Å². The topological polar surface area (TPSA) is 44.8 Å². The molecule has 0 saturated carbocycles. The molecule has 0 unspecified atom stereocenters. The van der Waals surface area contributed by atoms with Gasteiger partial charge in [-0.25, -0.2) is 0 Å². The number of carbonyl (C=O) groups is 1. The summed E-state index contributed by atoms with van der Waals surface area (Å²) in [6.45, 7) is 20.0. The summed E-state index contributed by atoms with van der Waals surface area (Å²) in [6, 6.07) is 0. The minimum atomic E-state index is -2.01. The summed E-state index contributed by atoms with van der Waals surface area (Å²) in [4.78, 5) is 10.9. The second-order valence-electron chi connectivity index (χ2n) is 10.7. The first-order chi connectivity index (χ1) is 13.7. The summed E-state index contributed by atoms with van der Waals surface area (Å²) in [6.07, 6.45) is 6.74. The Morgan fingerprint density at radius 2 is 1.87 bits per heavy atom. The molecular formula is C24H43IO4Si. The van der Waals surface area contributed by atoms with Crippen molar-refractivity contribution in [3.8, 4) is 0 Å². The molecule has 0 N–H and O–H groups in total. The van der Waals surface area contributed by atoms with Gasteiger partial charge in [-0.3, -0.25) is 4.79 Å². The van der Waals surface area contributed by atoms with Gasteiger partial charge in [0.15, 0.2) is 14.6 Å². The van der Waals surface area contributed by atoms with Crippen molar-refractivity contribution >= 4 is 37.2 Å². The Morgan fingerprint density at radius 1 is 1.27 bits per heavy atom. The highest BCUT2D eigenvalue weighted by atomic mass is 127. The fourth-order valence-electron chi connectivity index (χ4n) is 3.67. The minimum Gasteiger partial charge on any atom is -0.410 e. The van der Waals surface area contributed by atoms with E-state index in [1.54, 1.807) is 7.11 Å². The SMILES string of the molecule is CO[C@H]1O[C@@H](CI)C(C)(C)[C@@H]1[C@H](/C=C(\C)CC/C=C(\C)C=O)O[Si](C)(C)C(C)(C)C. The molecule has 4 atom stereocenters. The van der Waals surface area contributed by atoms with Crippen LogP contribution in [-0.4, -0.2) is 44.6 Å². The number of hydrogen-bond acceptors (Lipinski definition) is 4. The predicted octanol–water partition coefficient (Wildman–Crippen LogP) is 6.70. The van der Waals surface area contributed by atoms with E-state index in [-0.39, 0.29) is 34.9 Å². The lowest BCUT2D eigenvalue weighted by Gasteiger charge is -2.43. The Bertz CT molecular complexity index is 634. The van der Waals surface area contributed by atoms with Gasteiger partial charge in [0.25, 0.3) is 0 Å². The largest absolute Gasteiger partial charge is 0.410 e. The number of allylic oxidation sites excluding steroid dienone is 3. The highest BCUT2D eigenvalue weighted by Crippen LogP contribution is 2.49. The molecule has 174 valence electrons. The first kappa shape index (κ1) is 28.0. The summed E-state index contributed by atoms with van der Waals surface area (Å²) in [5, 5.41) is 0.117. The van der Waals surface area contributed by atoms with E-state index in [2.05, 4.69) is 83.3 Å². The molecule has 0 radical (unpaired) electrons. The van der Waals surface area contributed by atoms with Gasteiger partial charge in [0, 0.05) is 22.9 Å². The van der Waals surface area contributed by atoms with E-state index in [1.165, 1.54) is 5.57 Å². The monoisotopic (exact) mass is 550 g/mol. The number of halogens is 1. The second-order valence-corrected chi connectivity index (χ2v) is 16.3. The van der Waals surface area contributed by atoms with Gasteiger partial charge in [-0.2, -0.15) is 0 Å². The molecule has 0 aromatic heterocycles. The average molecular weight is 551 g/mol. The van der Waals surface area contributed by atoms with Gasteiger partial charge in [0.1, 0.15) is 6.29 Å². The lowest BCUT2D eigenvalue weighted by atomic mass is 9.73. The summed E-state index contributed by atoms with van der Waals surface area (Å²) in [7, 11) is -0.278. The van der Waals surface area contributed by atoms with E-state index >= 15 is 0 Å². The molecule has 0 aromatic rings.